The van der Waals surface area contributed by atoms with Crippen molar-refractivity contribution in [2.24, 2.45) is 0 Å². The third-order valence-corrected chi connectivity index (χ3v) is 4.34. The van der Waals surface area contributed by atoms with E-state index < -0.39 is 0 Å². The second-order valence-corrected chi connectivity index (χ2v) is 6.23. The molecule has 25 heavy (non-hydrogen) atoms. The maximum absolute atomic E-state index is 12.9. The number of aryl methyl sites for hydroxylation is 2. The molecule has 1 saturated heterocycles. The van der Waals surface area contributed by atoms with Crippen LogP contribution in [0.4, 0.5) is 0 Å². The number of benzene rings is 1. The largest absolute Gasteiger partial charge is 0.368 e. The average Bonchev–Trinajstić information content (AvgIpc) is 3.08. The molecule has 0 bridgehead atoms. The number of hydrogen-bond donors (Lipinski definition) is 1. The number of rotatable bonds is 2. The minimum Gasteiger partial charge on any atom is -0.368 e. The minimum atomic E-state index is -0.228. The van der Waals surface area contributed by atoms with Crippen LogP contribution in [0.2, 0.25) is 0 Å². The summed E-state index contributed by atoms with van der Waals surface area (Å²) in [6.45, 7) is 5.34. The number of nitrogens with zero attached hydrogens (tertiary/aromatic N) is 4. The first-order chi connectivity index (χ1) is 12.1. The molecule has 0 aliphatic carbocycles. The molecule has 1 aromatic carbocycles. The van der Waals surface area contributed by atoms with Gasteiger partial charge in [0.2, 0.25) is 0 Å². The number of morpholine rings is 1. The lowest BCUT2D eigenvalue weighted by Gasteiger charge is -2.33. The molecule has 3 heterocycles. The lowest BCUT2D eigenvalue weighted by atomic mass is 10.1. The van der Waals surface area contributed by atoms with E-state index in [1.165, 1.54) is 0 Å². The number of nitrogens with one attached hydrogen (secondary N) is 1. The van der Waals surface area contributed by atoms with Gasteiger partial charge < -0.3 is 14.6 Å². The second-order valence-electron chi connectivity index (χ2n) is 6.23. The van der Waals surface area contributed by atoms with Crippen LogP contribution in [0.15, 0.2) is 30.6 Å². The van der Waals surface area contributed by atoms with Crippen LogP contribution in [0.25, 0.3) is 11.0 Å². The van der Waals surface area contributed by atoms with E-state index in [-0.39, 0.29) is 12.0 Å². The third-order valence-electron chi connectivity index (χ3n) is 4.34. The van der Waals surface area contributed by atoms with E-state index in [1.54, 1.807) is 6.33 Å². The van der Waals surface area contributed by atoms with Gasteiger partial charge in [0, 0.05) is 17.8 Å². The van der Waals surface area contributed by atoms with E-state index in [4.69, 9.17) is 4.74 Å². The molecule has 1 aliphatic rings. The maximum atomic E-state index is 12.9. The lowest BCUT2D eigenvalue weighted by Crippen LogP contribution is -2.42. The van der Waals surface area contributed by atoms with E-state index in [2.05, 4.69) is 19.9 Å². The molecule has 7 heteroatoms. The summed E-state index contributed by atoms with van der Waals surface area (Å²) in [6, 6.07) is 7.43. The summed E-state index contributed by atoms with van der Waals surface area (Å²) < 4.78 is 5.85. The average molecular weight is 337 g/mol. The fraction of sp³-hybridized carbons (Fsp3) is 0.333. The van der Waals surface area contributed by atoms with Crippen LogP contribution in [0.5, 0.6) is 0 Å². The molecule has 0 unspecified atom stereocenters. The SMILES string of the molecule is Cc1cc([C@H]2CN(C(=O)c3ccc4nc[nH]c4c3)CCO2)nc(C)n1. The van der Waals surface area contributed by atoms with Gasteiger partial charge in [-0.3, -0.25) is 4.79 Å². The maximum Gasteiger partial charge on any atom is 0.254 e. The predicted molar refractivity (Wildman–Crippen MR) is 92.2 cm³/mol. The molecule has 1 fully saturated rings. The molecule has 0 spiro atoms. The van der Waals surface area contributed by atoms with Crippen molar-refractivity contribution in [1.82, 2.24) is 24.8 Å². The van der Waals surface area contributed by atoms with Gasteiger partial charge in [-0.1, -0.05) is 0 Å². The molecule has 1 atom stereocenters. The Bertz CT molecular complexity index is 916. The van der Waals surface area contributed by atoms with Crippen LogP contribution in [-0.2, 0) is 4.74 Å². The third kappa shape index (κ3) is 3.10. The quantitative estimate of drug-likeness (QED) is 0.775. The van der Waals surface area contributed by atoms with Crippen LogP contribution < -0.4 is 0 Å². The smallest absolute Gasteiger partial charge is 0.254 e. The van der Waals surface area contributed by atoms with Gasteiger partial charge in [-0.2, -0.15) is 0 Å². The van der Waals surface area contributed by atoms with Crippen molar-refractivity contribution in [3.63, 3.8) is 0 Å². The molecule has 1 aliphatic heterocycles. The summed E-state index contributed by atoms with van der Waals surface area (Å²) in [5.41, 5.74) is 4.08. The number of fused-ring (bicyclic) bond motifs is 1. The number of aromatic nitrogens is 4. The van der Waals surface area contributed by atoms with E-state index in [0.29, 0.717) is 31.1 Å². The number of aromatic amines is 1. The number of carbonyl (C=O) groups is 1. The van der Waals surface area contributed by atoms with Crippen molar-refractivity contribution >= 4 is 16.9 Å². The first kappa shape index (κ1) is 15.7. The van der Waals surface area contributed by atoms with Crippen LogP contribution in [0.3, 0.4) is 0 Å². The fourth-order valence-electron chi connectivity index (χ4n) is 3.17. The summed E-state index contributed by atoms with van der Waals surface area (Å²) in [5.74, 6) is 0.707. The van der Waals surface area contributed by atoms with Crippen LogP contribution in [0, 0.1) is 13.8 Å². The van der Waals surface area contributed by atoms with Gasteiger partial charge >= 0.3 is 0 Å². The normalized spacial score (nSPS) is 17.8. The van der Waals surface area contributed by atoms with Gasteiger partial charge in [0.25, 0.3) is 5.91 Å². The van der Waals surface area contributed by atoms with Crippen LogP contribution >= 0.6 is 0 Å². The molecule has 0 saturated carbocycles. The van der Waals surface area contributed by atoms with Crippen molar-refractivity contribution in [2.75, 3.05) is 19.7 Å². The highest BCUT2D eigenvalue weighted by atomic mass is 16.5. The Labute approximate surface area is 145 Å². The van der Waals surface area contributed by atoms with Gasteiger partial charge in [-0.05, 0) is 38.1 Å². The van der Waals surface area contributed by atoms with Gasteiger partial charge in [-0.15, -0.1) is 0 Å². The molecule has 128 valence electrons. The van der Waals surface area contributed by atoms with E-state index in [9.17, 15) is 4.79 Å². The van der Waals surface area contributed by atoms with Gasteiger partial charge in [0.05, 0.1) is 36.2 Å². The van der Waals surface area contributed by atoms with Gasteiger partial charge in [0.15, 0.2) is 0 Å². The first-order valence-corrected chi connectivity index (χ1v) is 8.26. The molecular formula is C18H19N5O2. The zero-order chi connectivity index (χ0) is 17.4. The molecular weight excluding hydrogens is 318 g/mol. The van der Waals surface area contributed by atoms with Crippen LogP contribution in [-0.4, -0.2) is 50.4 Å². The Morgan fingerprint density at radius 1 is 1.28 bits per heavy atom. The van der Waals surface area contributed by atoms with Crippen LogP contribution in [0.1, 0.15) is 33.7 Å². The summed E-state index contributed by atoms with van der Waals surface area (Å²) in [5, 5.41) is 0. The Hall–Kier alpha value is -2.80. The number of amides is 1. The number of ether oxygens (including phenoxy) is 1. The fourth-order valence-corrected chi connectivity index (χ4v) is 3.17. The zero-order valence-corrected chi connectivity index (χ0v) is 14.2. The zero-order valence-electron chi connectivity index (χ0n) is 14.2. The standard InChI is InChI=1S/C18H19N5O2/c1-11-7-16(22-12(2)21-11)17-9-23(5-6-25-17)18(24)13-3-4-14-15(8-13)20-10-19-14/h3-4,7-8,10,17H,5-6,9H2,1-2H3,(H,19,20)/t17-/m1/s1. The second kappa shape index (κ2) is 6.25. The van der Waals surface area contributed by atoms with Gasteiger partial charge in [0.1, 0.15) is 11.9 Å². The molecule has 2 aromatic heterocycles. The van der Waals surface area contributed by atoms with E-state index >= 15 is 0 Å². The van der Waals surface area contributed by atoms with E-state index in [0.717, 1.165) is 22.4 Å². The highest BCUT2D eigenvalue weighted by Crippen LogP contribution is 2.23. The molecule has 7 nitrogen and oxygen atoms in total. The van der Waals surface area contributed by atoms with Crippen molar-refractivity contribution < 1.29 is 9.53 Å². The Morgan fingerprint density at radius 3 is 3.00 bits per heavy atom. The molecule has 0 radical (unpaired) electrons. The van der Waals surface area contributed by atoms with E-state index in [1.807, 2.05) is 43.0 Å². The minimum absolute atomic E-state index is 0.00713. The van der Waals surface area contributed by atoms with Crippen molar-refractivity contribution in [3.05, 3.63) is 53.4 Å². The topological polar surface area (TPSA) is 84.0 Å². The number of H-pyrrole nitrogens is 1. The lowest BCUT2D eigenvalue weighted by molar-refractivity contribution is -0.0248. The molecule has 3 aromatic rings. The monoisotopic (exact) mass is 337 g/mol. The van der Waals surface area contributed by atoms with Crippen molar-refractivity contribution in [1.29, 1.82) is 0 Å². The number of carbonyl (C=O) groups excluding carboxylic acids is 1. The predicted octanol–water partition coefficient (Wildman–Crippen LogP) is 2.18. The molecule has 1 amide bonds. The molecule has 1 N–H and O–H groups in total. The highest BCUT2D eigenvalue weighted by Gasteiger charge is 2.27. The Morgan fingerprint density at radius 2 is 2.16 bits per heavy atom. The van der Waals surface area contributed by atoms with Crippen molar-refractivity contribution in [2.45, 2.75) is 20.0 Å². The number of imidazole rings is 1. The molecule has 4 rings (SSSR count). The van der Waals surface area contributed by atoms with Gasteiger partial charge in [-0.25, -0.2) is 15.0 Å². The Kier molecular flexibility index (Phi) is 3.93. The summed E-state index contributed by atoms with van der Waals surface area (Å²) in [6.07, 6.45) is 1.40. The summed E-state index contributed by atoms with van der Waals surface area (Å²) >= 11 is 0. The summed E-state index contributed by atoms with van der Waals surface area (Å²) in [7, 11) is 0. The Balaban J connectivity index is 1.56. The first-order valence-electron chi connectivity index (χ1n) is 8.26. The van der Waals surface area contributed by atoms with Crippen molar-refractivity contribution in [3.8, 4) is 0 Å². The highest BCUT2D eigenvalue weighted by molar-refractivity contribution is 5.97. The number of hydrogen-bond acceptors (Lipinski definition) is 5. The summed E-state index contributed by atoms with van der Waals surface area (Å²) in [4.78, 5) is 30.7.